The van der Waals surface area contributed by atoms with Crippen LogP contribution in [0, 0.1) is 0 Å². The van der Waals surface area contributed by atoms with Gasteiger partial charge in [0.15, 0.2) is 0 Å². The van der Waals surface area contributed by atoms with Crippen LogP contribution in [-0.2, 0) is 28.8 Å². The molecule has 1 aliphatic rings. The quantitative estimate of drug-likeness (QED) is 0.0201. The molecular formula is C70H142Cl6N12O6. The number of nitrogens with two attached hydrogens (primary N) is 4. The summed E-state index contributed by atoms with van der Waals surface area (Å²) in [6.07, 6.45) is 50.9. The van der Waals surface area contributed by atoms with Crippen molar-refractivity contribution in [3.63, 3.8) is 0 Å². The summed E-state index contributed by atoms with van der Waals surface area (Å²) in [7, 11) is 0. The Morgan fingerprint density at radius 2 is 0.617 bits per heavy atom. The molecule has 1 heterocycles. The lowest BCUT2D eigenvalue weighted by atomic mass is 10.1. The van der Waals surface area contributed by atoms with Gasteiger partial charge < -0.3 is 64.6 Å². The summed E-state index contributed by atoms with van der Waals surface area (Å²) in [6.45, 7) is 13.0. The van der Waals surface area contributed by atoms with Crippen LogP contribution < -0.4 is 54.8 Å². The number of carbonyl (C=O) groups is 6. The van der Waals surface area contributed by atoms with Crippen LogP contribution in [0.2, 0.25) is 0 Å². The third-order valence-electron chi connectivity index (χ3n) is 17.0. The molecule has 0 aromatic rings. The van der Waals surface area contributed by atoms with Crippen LogP contribution in [-0.4, -0.2) is 148 Å². The SMILES string of the molecule is CCCCCCCC/C=C\CCCCCCCC(=O)NC(CCCCNC(=O)C(N)CCCCN)C(=O)NCCCN1CCN(CCCNC(=O)C(CCCCNC(=O)C(N)CCCCN)NC(=O)CCCCCCC/C=C\CCCCCCCC)CC1.Cl.Cl.Cl.Cl.Cl.Cl. The molecule has 0 saturated carbocycles. The Labute approximate surface area is 610 Å². The second-order valence-electron chi connectivity index (χ2n) is 25.2. The zero-order valence-electron chi connectivity index (χ0n) is 58.9. The fourth-order valence-electron chi connectivity index (χ4n) is 11.2. The molecule has 0 aromatic carbocycles. The average Bonchev–Trinajstić information content (AvgIpc) is 1.73. The van der Waals surface area contributed by atoms with E-state index < -0.39 is 24.2 Å². The molecule has 1 saturated heterocycles. The van der Waals surface area contributed by atoms with Crippen molar-refractivity contribution >= 4 is 110 Å². The van der Waals surface area contributed by atoms with Crippen LogP contribution in [0.4, 0.5) is 0 Å². The van der Waals surface area contributed by atoms with E-state index in [1.807, 2.05) is 0 Å². The van der Waals surface area contributed by atoms with Gasteiger partial charge in [-0.25, -0.2) is 0 Å². The van der Waals surface area contributed by atoms with Crippen molar-refractivity contribution in [2.45, 2.75) is 308 Å². The Bertz CT molecular complexity index is 1670. The van der Waals surface area contributed by atoms with E-state index in [0.29, 0.717) is 103 Å². The van der Waals surface area contributed by atoms with Gasteiger partial charge >= 0.3 is 0 Å². The van der Waals surface area contributed by atoms with Crippen LogP contribution in [0.1, 0.15) is 284 Å². The summed E-state index contributed by atoms with van der Waals surface area (Å²) in [6, 6.07) is -2.39. The highest BCUT2D eigenvalue weighted by atomic mass is 35.5. The van der Waals surface area contributed by atoms with E-state index in [1.54, 1.807) is 0 Å². The van der Waals surface area contributed by atoms with E-state index in [-0.39, 0.29) is 110 Å². The Balaban J connectivity index is -0.00000323. The van der Waals surface area contributed by atoms with Crippen molar-refractivity contribution in [1.29, 1.82) is 0 Å². The molecule has 560 valence electrons. The summed E-state index contributed by atoms with van der Waals surface area (Å²) in [4.78, 5) is 83.3. The number of nitrogens with one attached hydrogen (secondary N) is 6. The minimum absolute atomic E-state index is 0. The molecule has 6 amide bonds. The lowest BCUT2D eigenvalue weighted by Crippen LogP contribution is -2.49. The van der Waals surface area contributed by atoms with Crippen LogP contribution in [0.15, 0.2) is 24.3 Å². The van der Waals surface area contributed by atoms with Gasteiger partial charge in [-0.05, 0) is 167 Å². The van der Waals surface area contributed by atoms with Gasteiger partial charge in [0, 0.05) is 65.2 Å². The van der Waals surface area contributed by atoms with Gasteiger partial charge in [-0.3, -0.25) is 28.8 Å². The maximum atomic E-state index is 13.6. The molecule has 24 heteroatoms. The van der Waals surface area contributed by atoms with Gasteiger partial charge in [-0.15, -0.1) is 74.4 Å². The largest absolute Gasteiger partial charge is 0.355 e. The molecule has 0 aliphatic carbocycles. The van der Waals surface area contributed by atoms with Crippen molar-refractivity contribution in [3.8, 4) is 0 Å². The second-order valence-corrected chi connectivity index (χ2v) is 25.2. The monoisotopic (exact) mass is 1460 g/mol. The second kappa shape index (κ2) is 76.6. The van der Waals surface area contributed by atoms with Crippen molar-refractivity contribution < 1.29 is 28.8 Å². The van der Waals surface area contributed by atoms with E-state index >= 15 is 0 Å². The standard InChI is InChI=1S/C70H136N12O6.6ClH/c1-3-5-7-9-11-13-15-17-19-21-23-25-27-29-31-47-65(83)79-63(45-35-39-51-75-67(85)61(73)43-33-37-49-71)69(87)77-53-41-55-81-57-59-82(60-58-81)56-42-54-78-70(88)64(46-36-40-52-76-68(86)62(74)44-34-38-50-72)80-66(84)48-32-30-28-26-24-22-20-18-16-14-12-10-8-6-4-2;;;;;;/h17-20,61-64H,3-16,21-60,71-74H2,1-2H3,(H,75,85)(H,76,86)(H,77,87)(H,78,88)(H,79,83)(H,80,84);6*1H/b19-17-,20-18-;;;;;;. The highest BCUT2D eigenvalue weighted by Gasteiger charge is 2.23. The Morgan fingerprint density at radius 1 is 0.340 bits per heavy atom. The van der Waals surface area contributed by atoms with E-state index in [0.717, 1.165) is 142 Å². The number of piperazine rings is 1. The molecule has 0 bridgehead atoms. The molecule has 18 nitrogen and oxygen atoms in total. The molecule has 1 rings (SSSR count). The summed E-state index contributed by atoms with van der Waals surface area (Å²) >= 11 is 0. The van der Waals surface area contributed by atoms with Crippen molar-refractivity contribution in [2.75, 3.05) is 78.5 Å². The molecule has 14 N–H and O–H groups in total. The molecule has 4 atom stereocenters. The summed E-state index contributed by atoms with van der Waals surface area (Å²) in [5, 5.41) is 18.1. The Morgan fingerprint density at radius 3 is 0.936 bits per heavy atom. The third-order valence-corrected chi connectivity index (χ3v) is 17.0. The first-order valence-electron chi connectivity index (χ1n) is 36.3. The van der Waals surface area contributed by atoms with E-state index in [2.05, 4.69) is 79.9 Å². The van der Waals surface area contributed by atoms with E-state index in [9.17, 15) is 28.8 Å². The summed E-state index contributed by atoms with van der Waals surface area (Å²) in [5.41, 5.74) is 23.3. The normalized spacial score (nSPS) is 13.5. The minimum atomic E-state index is -0.637. The topological polar surface area (TPSA) is 285 Å². The average molecular weight is 1460 g/mol. The summed E-state index contributed by atoms with van der Waals surface area (Å²) in [5.74, 6) is -0.864. The number of allylic oxidation sites excluding steroid dienone is 4. The first-order chi connectivity index (χ1) is 42.9. The van der Waals surface area contributed by atoms with Gasteiger partial charge in [0.2, 0.25) is 35.4 Å². The summed E-state index contributed by atoms with van der Waals surface area (Å²) < 4.78 is 0. The van der Waals surface area contributed by atoms with Crippen LogP contribution in [0.25, 0.3) is 0 Å². The Kier molecular flexibility index (Phi) is 83.7. The molecule has 0 aromatic heterocycles. The number of halogens is 6. The molecule has 1 fully saturated rings. The highest BCUT2D eigenvalue weighted by Crippen LogP contribution is 2.14. The van der Waals surface area contributed by atoms with Crippen LogP contribution in [0.5, 0.6) is 0 Å². The maximum Gasteiger partial charge on any atom is 0.242 e. The molecule has 0 spiro atoms. The minimum Gasteiger partial charge on any atom is -0.355 e. The van der Waals surface area contributed by atoms with E-state index in [1.165, 1.54) is 103 Å². The first-order valence-corrected chi connectivity index (χ1v) is 36.3. The number of unbranched alkanes of at least 4 members (excludes halogenated alkanes) is 26. The number of hydrogen-bond acceptors (Lipinski definition) is 12. The smallest absolute Gasteiger partial charge is 0.242 e. The molecule has 94 heavy (non-hydrogen) atoms. The molecular weight excluding hydrogens is 1320 g/mol. The lowest BCUT2D eigenvalue weighted by Gasteiger charge is -2.34. The zero-order valence-corrected chi connectivity index (χ0v) is 63.8. The van der Waals surface area contributed by atoms with Crippen LogP contribution in [0.3, 0.4) is 0 Å². The number of amides is 6. The number of nitrogens with zero attached hydrogens (tertiary/aromatic N) is 2. The fourth-order valence-corrected chi connectivity index (χ4v) is 11.2. The van der Waals surface area contributed by atoms with Crippen LogP contribution >= 0.6 is 74.4 Å². The number of hydrogen-bond donors (Lipinski definition) is 10. The molecule has 1 aliphatic heterocycles. The molecule has 4 unspecified atom stereocenters. The predicted molar refractivity (Wildman–Crippen MR) is 410 cm³/mol. The highest BCUT2D eigenvalue weighted by molar-refractivity contribution is 5.88. The first kappa shape index (κ1) is 103. The van der Waals surface area contributed by atoms with Gasteiger partial charge in [0.25, 0.3) is 0 Å². The maximum absolute atomic E-state index is 13.6. The molecule has 0 radical (unpaired) electrons. The fraction of sp³-hybridized carbons (Fsp3) is 0.857. The predicted octanol–water partition coefficient (Wildman–Crippen LogP) is 12.7. The van der Waals surface area contributed by atoms with Gasteiger partial charge in [-0.1, -0.05) is 154 Å². The van der Waals surface area contributed by atoms with Crippen molar-refractivity contribution in [1.82, 2.24) is 41.7 Å². The zero-order chi connectivity index (χ0) is 64.2. The number of carbonyl (C=O) groups excluding carboxylic acids is 6. The van der Waals surface area contributed by atoms with Crippen molar-refractivity contribution in [3.05, 3.63) is 24.3 Å². The van der Waals surface area contributed by atoms with Gasteiger partial charge in [-0.2, -0.15) is 0 Å². The third kappa shape index (κ3) is 63.3. The number of rotatable bonds is 62. The van der Waals surface area contributed by atoms with E-state index in [4.69, 9.17) is 22.9 Å². The Hall–Kier alpha value is -2.20. The van der Waals surface area contributed by atoms with Crippen molar-refractivity contribution in [2.24, 2.45) is 22.9 Å². The van der Waals surface area contributed by atoms with Gasteiger partial charge in [0.1, 0.15) is 12.1 Å². The lowest BCUT2D eigenvalue weighted by molar-refractivity contribution is -0.129. The van der Waals surface area contributed by atoms with Gasteiger partial charge in [0.05, 0.1) is 12.1 Å².